The summed E-state index contributed by atoms with van der Waals surface area (Å²) in [5, 5.41) is 14.6. The average molecular weight is 401 g/mol. The molecule has 1 saturated heterocycles. The fourth-order valence-electron chi connectivity index (χ4n) is 5.00. The number of piperazine rings is 1. The second kappa shape index (κ2) is 7.30. The van der Waals surface area contributed by atoms with E-state index in [1.54, 1.807) is 0 Å². The molecule has 1 aromatic carbocycles. The summed E-state index contributed by atoms with van der Waals surface area (Å²) in [5.74, 6) is 0.583. The first-order chi connectivity index (χ1) is 13.2. The summed E-state index contributed by atoms with van der Waals surface area (Å²) in [6.07, 6.45) is 4.61. The lowest BCUT2D eigenvalue weighted by Gasteiger charge is -2.50. The number of benzene rings is 1. The van der Waals surface area contributed by atoms with Crippen LogP contribution in [0, 0.1) is 0 Å². The summed E-state index contributed by atoms with van der Waals surface area (Å²) in [6, 6.07) is 4.86. The molecule has 4 heteroatoms. The number of aromatic hydroxyl groups is 1. The van der Waals surface area contributed by atoms with E-state index in [1.807, 2.05) is 13.8 Å². The van der Waals surface area contributed by atoms with Crippen molar-refractivity contribution in [3.63, 3.8) is 0 Å². The van der Waals surface area contributed by atoms with Crippen LogP contribution in [0.3, 0.4) is 0 Å². The lowest BCUT2D eigenvalue weighted by atomic mass is 9.78. The molecule has 0 spiro atoms. The van der Waals surface area contributed by atoms with Crippen LogP contribution >= 0.6 is 0 Å². The van der Waals surface area contributed by atoms with Gasteiger partial charge < -0.3 is 10.0 Å². The maximum atomic E-state index is 13.4. The monoisotopic (exact) mass is 400 g/mol. The number of hydrogen-bond donors (Lipinski definition) is 2. The highest BCUT2D eigenvalue weighted by atomic mass is 16.3. The van der Waals surface area contributed by atoms with Crippen LogP contribution in [0.5, 0.6) is 5.75 Å². The molecule has 2 atom stereocenters. The van der Waals surface area contributed by atoms with Crippen molar-refractivity contribution in [2.24, 2.45) is 0 Å². The number of carbonyl (C=O) groups excluding carboxylic acids is 1. The van der Waals surface area contributed by atoms with Gasteiger partial charge in [0.05, 0.1) is 5.54 Å². The number of phenols is 1. The molecule has 2 aliphatic rings. The quantitative estimate of drug-likeness (QED) is 0.734. The van der Waals surface area contributed by atoms with E-state index >= 15 is 0 Å². The van der Waals surface area contributed by atoms with Crippen LogP contribution in [0.4, 0.5) is 0 Å². The van der Waals surface area contributed by atoms with E-state index in [4.69, 9.17) is 0 Å². The molecular weight excluding hydrogens is 360 g/mol. The van der Waals surface area contributed by atoms with Gasteiger partial charge in [0.1, 0.15) is 5.75 Å². The molecule has 2 N–H and O–H groups in total. The van der Waals surface area contributed by atoms with Crippen molar-refractivity contribution in [3.05, 3.63) is 28.8 Å². The standard InChI is InChI=1S/C25H40N2O2/c1-23(2,3)17-13-16(14-18(21(17)28)24(4,5)6)15-27-20-12-10-9-11-19(20)26-25(7,8)22(27)29/h13-14,19-20,26,28H,9-12,15H2,1-8H3/t19-,20-/m0/s1. The molecule has 162 valence electrons. The minimum atomic E-state index is -0.533. The van der Waals surface area contributed by atoms with Crippen LogP contribution < -0.4 is 5.32 Å². The van der Waals surface area contributed by atoms with Crippen LogP contribution in [0.2, 0.25) is 0 Å². The van der Waals surface area contributed by atoms with Crippen LogP contribution in [0.15, 0.2) is 12.1 Å². The van der Waals surface area contributed by atoms with Gasteiger partial charge in [-0.15, -0.1) is 0 Å². The van der Waals surface area contributed by atoms with Crippen molar-refractivity contribution in [2.45, 2.75) is 116 Å². The zero-order valence-electron chi connectivity index (χ0n) is 19.6. The number of rotatable bonds is 2. The van der Waals surface area contributed by atoms with Gasteiger partial charge >= 0.3 is 0 Å². The van der Waals surface area contributed by atoms with E-state index in [1.165, 1.54) is 12.8 Å². The number of hydrogen-bond acceptors (Lipinski definition) is 3. The third-order valence-corrected chi connectivity index (χ3v) is 6.61. The summed E-state index contributed by atoms with van der Waals surface area (Å²) in [7, 11) is 0. The minimum Gasteiger partial charge on any atom is -0.507 e. The number of fused-ring (bicyclic) bond motifs is 1. The molecule has 2 fully saturated rings. The first-order valence-corrected chi connectivity index (χ1v) is 11.2. The van der Waals surface area contributed by atoms with Crippen LogP contribution in [-0.4, -0.2) is 33.5 Å². The van der Waals surface area contributed by atoms with E-state index in [0.717, 1.165) is 29.5 Å². The normalized spacial score (nSPS) is 25.1. The second-order valence-electron chi connectivity index (χ2n) is 11.7. The van der Waals surface area contributed by atoms with E-state index < -0.39 is 5.54 Å². The third-order valence-electron chi connectivity index (χ3n) is 6.61. The highest BCUT2D eigenvalue weighted by Crippen LogP contribution is 2.41. The van der Waals surface area contributed by atoms with E-state index in [9.17, 15) is 9.90 Å². The maximum Gasteiger partial charge on any atom is 0.242 e. The fourth-order valence-corrected chi connectivity index (χ4v) is 5.00. The van der Waals surface area contributed by atoms with Crippen molar-refractivity contribution in [2.75, 3.05) is 0 Å². The Kier molecular flexibility index (Phi) is 5.57. The summed E-state index contributed by atoms with van der Waals surface area (Å²) >= 11 is 0. The third kappa shape index (κ3) is 4.33. The fraction of sp³-hybridized carbons (Fsp3) is 0.720. The number of amides is 1. The number of nitrogens with one attached hydrogen (secondary N) is 1. The lowest BCUT2D eigenvalue weighted by molar-refractivity contribution is -0.147. The summed E-state index contributed by atoms with van der Waals surface area (Å²) in [4.78, 5) is 15.5. The Bertz CT molecular complexity index is 748. The van der Waals surface area contributed by atoms with Crippen molar-refractivity contribution < 1.29 is 9.90 Å². The Labute approximate surface area is 177 Å². The number of phenolic OH excluding ortho intramolecular Hbond substituents is 1. The SMILES string of the molecule is CC1(C)N[C@H]2CCCC[C@@H]2N(Cc2cc(C(C)(C)C)c(O)c(C(C)(C)C)c2)C1=O. The van der Waals surface area contributed by atoms with Crippen molar-refractivity contribution >= 4 is 5.91 Å². The van der Waals surface area contributed by atoms with Gasteiger partial charge in [-0.1, -0.05) is 54.4 Å². The number of carbonyl (C=O) groups is 1. The molecule has 0 radical (unpaired) electrons. The number of nitrogens with zero attached hydrogens (tertiary/aromatic N) is 1. The first-order valence-electron chi connectivity index (χ1n) is 11.2. The van der Waals surface area contributed by atoms with Crippen LogP contribution in [0.1, 0.15) is 97.8 Å². The average Bonchev–Trinajstić information content (AvgIpc) is 2.57. The molecule has 3 rings (SSSR count). The Morgan fingerprint density at radius 1 is 1.03 bits per heavy atom. The van der Waals surface area contributed by atoms with Crippen molar-refractivity contribution in [1.29, 1.82) is 0 Å². The van der Waals surface area contributed by atoms with Gasteiger partial charge in [0.2, 0.25) is 5.91 Å². The van der Waals surface area contributed by atoms with Gasteiger partial charge in [-0.3, -0.25) is 10.1 Å². The van der Waals surface area contributed by atoms with Gasteiger partial charge in [-0.25, -0.2) is 0 Å². The largest absolute Gasteiger partial charge is 0.507 e. The molecule has 0 aromatic heterocycles. The summed E-state index contributed by atoms with van der Waals surface area (Å²) in [6.45, 7) is 17.4. The molecule has 1 amide bonds. The van der Waals surface area contributed by atoms with Crippen molar-refractivity contribution in [3.8, 4) is 5.75 Å². The van der Waals surface area contributed by atoms with Gasteiger partial charge in [0.25, 0.3) is 0 Å². The highest BCUT2D eigenvalue weighted by Gasteiger charge is 2.46. The summed E-state index contributed by atoms with van der Waals surface area (Å²) in [5.41, 5.74) is 2.17. The van der Waals surface area contributed by atoms with E-state index in [0.29, 0.717) is 18.3 Å². The Hall–Kier alpha value is -1.55. The molecule has 1 heterocycles. The highest BCUT2D eigenvalue weighted by molar-refractivity contribution is 5.87. The smallest absolute Gasteiger partial charge is 0.242 e. The lowest BCUT2D eigenvalue weighted by Crippen LogP contribution is -2.70. The topological polar surface area (TPSA) is 52.6 Å². The predicted molar refractivity (Wildman–Crippen MR) is 119 cm³/mol. The molecule has 0 bridgehead atoms. The van der Waals surface area contributed by atoms with Gasteiger partial charge in [0, 0.05) is 18.6 Å². The molecular formula is C25H40N2O2. The molecule has 1 aliphatic carbocycles. The van der Waals surface area contributed by atoms with E-state index in [2.05, 4.69) is 63.9 Å². The van der Waals surface area contributed by atoms with Crippen LogP contribution in [-0.2, 0) is 22.2 Å². The Balaban J connectivity index is 2.04. The zero-order chi connectivity index (χ0) is 21.8. The zero-order valence-corrected chi connectivity index (χ0v) is 19.6. The molecule has 29 heavy (non-hydrogen) atoms. The molecule has 1 saturated carbocycles. The Morgan fingerprint density at radius 2 is 1.55 bits per heavy atom. The minimum absolute atomic E-state index is 0.166. The van der Waals surface area contributed by atoms with E-state index in [-0.39, 0.29) is 22.8 Å². The Morgan fingerprint density at radius 3 is 2.07 bits per heavy atom. The van der Waals surface area contributed by atoms with Crippen LogP contribution in [0.25, 0.3) is 0 Å². The van der Waals surface area contributed by atoms with Gasteiger partial charge in [-0.05, 0) is 66.3 Å². The van der Waals surface area contributed by atoms with Crippen molar-refractivity contribution in [1.82, 2.24) is 10.2 Å². The molecule has 1 aliphatic heterocycles. The first kappa shape index (κ1) is 22.1. The molecule has 0 unspecified atom stereocenters. The maximum absolute atomic E-state index is 13.4. The predicted octanol–water partition coefficient (Wildman–Crippen LogP) is 5.01. The van der Waals surface area contributed by atoms with Gasteiger partial charge in [-0.2, -0.15) is 0 Å². The summed E-state index contributed by atoms with van der Waals surface area (Å²) < 4.78 is 0. The second-order valence-corrected chi connectivity index (χ2v) is 11.7. The molecule has 1 aromatic rings. The molecule has 4 nitrogen and oxygen atoms in total. The van der Waals surface area contributed by atoms with Gasteiger partial charge in [0.15, 0.2) is 0 Å².